The minimum Gasteiger partial charge on any atom is -0.657 e. The molecular weight excluding hydrogens is 781 g/mol. The van der Waals surface area contributed by atoms with Gasteiger partial charge in [0.15, 0.2) is 0 Å². The van der Waals surface area contributed by atoms with Crippen molar-refractivity contribution in [3.8, 4) is 44.5 Å². The number of benzene rings is 4. The number of rotatable bonds is 4. The molecule has 5 heterocycles. The third-order valence-electron chi connectivity index (χ3n) is 8.86. The summed E-state index contributed by atoms with van der Waals surface area (Å²) in [4.78, 5) is 21.2. The molecule has 0 N–H and O–H groups in total. The van der Waals surface area contributed by atoms with E-state index in [2.05, 4.69) is 146 Å². The maximum absolute atomic E-state index is 5.31. The van der Waals surface area contributed by atoms with Crippen LogP contribution in [0.4, 0.5) is 0 Å². The van der Waals surface area contributed by atoms with Gasteiger partial charge in [-0.2, -0.15) is 0 Å². The maximum atomic E-state index is 5.31. The Bertz CT molecular complexity index is 2180. The number of hydrogen-bond donors (Lipinski definition) is 0. The first-order chi connectivity index (χ1) is 23.8. The summed E-state index contributed by atoms with van der Waals surface area (Å²) in [6.45, 7) is 0. The SMILES string of the molecule is C1=Cc2nc1c(-c1ccccc1)c1ccc([n-]1)c(-c1ccccc1)c1nc(c(-c3ccccc3)c3ccc([n-]3)c2-c2ccccc2)C=C1.[Au]. The molecule has 5 heteroatoms. The standard InChI is InChI=1S/C44H28N4.Au/c1-5-13-29(14-6-1)41-33-21-23-35(45-33)42(30-15-7-2-8-16-30)37-25-27-39(47-37)44(32-19-11-4-12-20-32)40-28-26-38(48-40)43(31-17-9-3-10-18-31)36-24-22-34(41)46-36;/h1-28H;/q-2;. The van der Waals surface area contributed by atoms with E-state index in [4.69, 9.17) is 19.9 Å². The molecule has 9 rings (SSSR count). The van der Waals surface area contributed by atoms with Gasteiger partial charge in [0.1, 0.15) is 0 Å². The molecule has 237 valence electrons. The molecule has 0 atom stereocenters. The Balaban J connectivity index is 0.00000348. The van der Waals surface area contributed by atoms with Crippen molar-refractivity contribution in [2.45, 2.75) is 0 Å². The second kappa shape index (κ2) is 13.0. The second-order valence-corrected chi connectivity index (χ2v) is 11.8. The Hall–Kier alpha value is -5.78. The predicted molar refractivity (Wildman–Crippen MR) is 199 cm³/mol. The van der Waals surface area contributed by atoms with Gasteiger partial charge in [-0.1, -0.05) is 146 Å². The summed E-state index contributed by atoms with van der Waals surface area (Å²) in [5.74, 6) is 0. The molecule has 0 unspecified atom stereocenters. The zero-order valence-electron chi connectivity index (χ0n) is 26.3. The van der Waals surface area contributed by atoms with Gasteiger partial charge in [-0.3, -0.25) is 0 Å². The van der Waals surface area contributed by atoms with Gasteiger partial charge in [-0.05, 0) is 68.8 Å². The van der Waals surface area contributed by atoms with Crippen LogP contribution in [-0.2, 0) is 22.4 Å². The summed E-state index contributed by atoms with van der Waals surface area (Å²) in [6, 6.07) is 50.0. The van der Waals surface area contributed by atoms with Crippen molar-refractivity contribution in [1.29, 1.82) is 0 Å². The molecule has 0 amide bonds. The molecule has 0 aliphatic carbocycles. The monoisotopic (exact) mass is 809 g/mol. The van der Waals surface area contributed by atoms with Gasteiger partial charge in [-0.25, -0.2) is 9.97 Å². The fraction of sp³-hybridized carbons (Fsp3) is 0. The Labute approximate surface area is 300 Å². The van der Waals surface area contributed by atoms with Crippen molar-refractivity contribution in [3.05, 3.63) is 168 Å². The summed E-state index contributed by atoms with van der Waals surface area (Å²) in [7, 11) is 0. The van der Waals surface area contributed by atoms with E-state index in [9.17, 15) is 0 Å². The zero-order valence-corrected chi connectivity index (χ0v) is 28.4. The van der Waals surface area contributed by atoms with Gasteiger partial charge in [0.25, 0.3) is 0 Å². The van der Waals surface area contributed by atoms with Crippen molar-refractivity contribution in [2.24, 2.45) is 0 Å². The van der Waals surface area contributed by atoms with E-state index < -0.39 is 0 Å². The van der Waals surface area contributed by atoms with Crippen LogP contribution in [0, 0.1) is 0 Å². The van der Waals surface area contributed by atoms with Crippen LogP contribution in [0.5, 0.6) is 0 Å². The van der Waals surface area contributed by atoms with E-state index in [0.717, 1.165) is 89.4 Å². The average molecular weight is 810 g/mol. The van der Waals surface area contributed by atoms with Crippen LogP contribution in [0.15, 0.2) is 146 Å². The van der Waals surface area contributed by atoms with E-state index in [1.807, 2.05) is 24.3 Å². The van der Waals surface area contributed by atoms with Gasteiger partial charge in [0.2, 0.25) is 0 Å². The third kappa shape index (κ3) is 5.62. The molecule has 4 nitrogen and oxygen atoms in total. The van der Waals surface area contributed by atoms with Crippen LogP contribution in [-0.4, -0.2) is 9.97 Å². The first-order valence-electron chi connectivity index (χ1n) is 16.1. The zero-order chi connectivity index (χ0) is 31.9. The normalized spacial score (nSPS) is 11.8. The van der Waals surface area contributed by atoms with Crippen LogP contribution in [0.25, 0.3) is 90.9 Å². The molecule has 0 saturated carbocycles. The minimum atomic E-state index is 0. The fourth-order valence-electron chi connectivity index (χ4n) is 6.69. The Morgan fingerprint density at radius 1 is 0.286 bits per heavy atom. The summed E-state index contributed by atoms with van der Waals surface area (Å²) in [5, 5.41) is 0. The summed E-state index contributed by atoms with van der Waals surface area (Å²) in [5.41, 5.74) is 15.0. The molecule has 2 aliphatic heterocycles. The van der Waals surface area contributed by atoms with Crippen molar-refractivity contribution < 1.29 is 22.4 Å². The molecule has 0 fully saturated rings. The Morgan fingerprint density at radius 2 is 0.510 bits per heavy atom. The Kier molecular flexibility index (Phi) is 8.12. The third-order valence-corrected chi connectivity index (χ3v) is 8.86. The smallest absolute Gasteiger partial charge is 0.0704 e. The molecule has 0 saturated heterocycles. The van der Waals surface area contributed by atoms with E-state index in [-0.39, 0.29) is 22.4 Å². The van der Waals surface area contributed by atoms with Crippen molar-refractivity contribution >= 4 is 46.4 Å². The van der Waals surface area contributed by atoms with Crippen molar-refractivity contribution in [2.75, 3.05) is 0 Å². The summed E-state index contributed by atoms with van der Waals surface area (Å²) in [6.07, 6.45) is 8.41. The van der Waals surface area contributed by atoms with Gasteiger partial charge in [0, 0.05) is 22.4 Å². The van der Waals surface area contributed by atoms with Crippen LogP contribution in [0.3, 0.4) is 0 Å². The first kappa shape index (κ1) is 30.5. The molecule has 2 aliphatic rings. The quantitative estimate of drug-likeness (QED) is 0.166. The van der Waals surface area contributed by atoms with Crippen LogP contribution >= 0.6 is 0 Å². The van der Waals surface area contributed by atoms with E-state index in [1.165, 1.54) is 0 Å². The predicted octanol–water partition coefficient (Wildman–Crippen LogP) is 10.6. The fourth-order valence-corrected chi connectivity index (χ4v) is 6.69. The Morgan fingerprint density at radius 3 is 0.735 bits per heavy atom. The van der Waals surface area contributed by atoms with E-state index >= 15 is 0 Å². The molecule has 0 spiro atoms. The molecule has 1 radical (unpaired) electrons. The topological polar surface area (TPSA) is 54.0 Å². The van der Waals surface area contributed by atoms with Crippen molar-refractivity contribution in [3.63, 3.8) is 0 Å². The van der Waals surface area contributed by atoms with Gasteiger partial charge < -0.3 is 9.97 Å². The molecule has 8 bridgehead atoms. The minimum absolute atomic E-state index is 0. The average Bonchev–Trinajstić information content (AvgIpc) is 3.98. The van der Waals surface area contributed by atoms with Crippen molar-refractivity contribution in [1.82, 2.24) is 19.9 Å². The molecule has 4 aromatic carbocycles. The summed E-state index contributed by atoms with van der Waals surface area (Å²) >= 11 is 0. The second-order valence-electron chi connectivity index (χ2n) is 11.8. The van der Waals surface area contributed by atoms with Gasteiger partial charge >= 0.3 is 0 Å². The number of hydrogen-bond acceptors (Lipinski definition) is 2. The number of aromatic nitrogens is 4. The van der Waals surface area contributed by atoms with E-state index in [1.54, 1.807) is 0 Å². The largest absolute Gasteiger partial charge is 0.657 e. The van der Waals surface area contributed by atoms with Crippen LogP contribution in [0.2, 0.25) is 0 Å². The number of fused-ring (bicyclic) bond motifs is 8. The van der Waals surface area contributed by atoms with E-state index in [0.29, 0.717) is 0 Å². The molecule has 3 aromatic heterocycles. The first-order valence-corrected chi connectivity index (χ1v) is 16.1. The molecule has 7 aromatic rings. The maximum Gasteiger partial charge on any atom is 0.0704 e. The summed E-state index contributed by atoms with van der Waals surface area (Å²) < 4.78 is 0. The van der Waals surface area contributed by atoms with Gasteiger partial charge in [0.05, 0.1) is 22.8 Å². The number of nitrogens with zero attached hydrogens (tertiary/aromatic N) is 4. The van der Waals surface area contributed by atoms with Crippen LogP contribution in [0.1, 0.15) is 22.8 Å². The van der Waals surface area contributed by atoms with Crippen LogP contribution < -0.4 is 9.97 Å². The molecular formula is C44H28AuN4-2. The molecule has 49 heavy (non-hydrogen) atoms. The van der Waals surface area contributed by atoms with Gasteiger partial charge in [-0.15, -0.1) is 22.1 Å².